The van der Waals surface area contributed by atoms with Gasteiger partial charge in [-0.1, -0.05) is 19.1 Å². The van der Waals surface area contributed by atoms with Gasteiger partial charge in [-0.3, -0.25) is 4.90 Å². The molecule has 112 valence electrons. The lowest BCUT2D eigenvalue weighted by atomic mass is 9.95. The van der Waals surface area contributed by atoms with Gasteiger partial charge in [-0.25, -0.2) is 0 Å². The molecule has 2 rings (SSSR count). The fourth-order valence-electron chi connectivity index (χ4n) is 3.13. The third-order valence-corrected chi connectivity index (χ3v) is 4.33. The number of nitrogens with zero attached hydrogens (tertiary/aromatic N) is 1. The molecule has 0 aromatic heterocycles. The van der Waals surface area contributed by atoms with Crippen LogP contribution in [-0.4, -0.2) is 42.4 Å². The van der Waals surface area contributed by atoms with Crippen molar-refractivity contribution >= 4 is 0 Å². The van der Waals surface area contributed by atoms with Crippen LogP contribution >= 0.6 is 0 Å². The molecule has 3 N–H and O–H groups in total. The van der Waals surface area contributed by atoms with E-state index in [1.54, 1.807) is 7.11 Å². The lowest BCUT2D eigenvalue weighted by Gasteiger charge is -2.36. The van der Waals surface area contributed by atoms with Gasteiger partial charge in [0.05, 0.1) is 19.8 Å². The number of ether oxygens (including phenoxy) is 1. The number of hydrogen-bond acceptors (Lipinski definition) is 4. The molecule has 0 bridgehead atoms. The van der Waals surface area contributed by atoms with Gasteiger partial charge < -0.3 is 15.6 Å². The van der Waals surface area contributed by atoms with E-state index in [0.29, 0.717) is 0 Å². The van der Waals surface area contributed by atoms with Crippen molar-refractivity contribution in [3.8, 4) is 5.75 Å². The maximum Gasteiger partial charge on any atom is 0.118 e. The first-order valence-electron chi connectivity index (χ1n) is 7.47. The molecule has 4 nitrogen and oxygen atoms in total. The molecule has 0 radical (unpaired) electrons. The number of likely N-dealkylation sites (tertiary alicyclic amines) is 1. The zero-order valence-electron chi connectivity index (χ0n) is 12.5. The molecule has 4 heteroatoms. The predicted molar refractivity (Wildman–Crippen MR) is 80.8 cm³/mol. The second-order valence-electron chi connectivity index (χ2n) is 5.51. The third-order valence-electron chi connectivity index (χ3n) is 4.33. The highest BCUT2D eigenvalue weighted by molar-refractivity contribution is 5.30. The minimum Gasteiger partial charge on any atom is -0.497 e. The first-order chi connectivity index (χ1) is 9.71. The maximum absolute atomic E-state index is 9.57. The number of aliphatic hydroxyl groups is 1. The van der Waals surface area contributed by atoms with Crippen molar-refractivity contribution in [3.05, 3.63) is 29.8 Å². The van der Waals surface area contributed by atoms with Gasteiger partial charge in [0, 0.05) is 12.1 Å². The van der Waals surface area contributed by atoms with Gasteiger partial charge in [0.25, 0.3) is 0 Å². The zero-order valence-corrected chi connectivity index (χ0v) is 12.5. The molecule has 1 aromatic carbocycles. The van der Waals surface area contributed by atoms with E-state index in [2.05, 4.69) is 24.0 Å². The predicted octanol–water partition coefficient (Wildman–Crippen LogP) is 1.93. The van der Waals surface area contributed by atoms with Gasteiger partial charge in [0.1, 0.15) is 5.75 Å². The largest absolute Gasteiger partial charge is 0.497 e. The van der Waals surface area contributed by atoms with Crippen molar-refractivity contribution in [2.45, 2.75) is 44.3 Å². The molecule has 0 saturated carbocycles. The molecule has 20 heavy (non-hydrogen) atoms. The second-order valence-corrected chi connectivity index (χ2v) is 5.51. The van der Waals surface area contributed by atoms with Gasteiger partial charge >= 0.3 is 0 Å². The lowest BCUT2D eigenvalue weighted by molar-refractivity contribution is 0.104. The van der Waals surface area contributed by atoms with Crippen LogP contribution in [0, 0.1) is 0 Å². The van der Waals surface area contributed by atoms with E-state index < -0.39 is 0 Å². The molecular weight excluding hydrogens is 252 g/mol. The average molecular weight is 278 g/mol. The molecule has 1 aliphatic heterocycles. The number of benzene rings is 1. The lowest BCUT2D eigenvalue weighted by Crippen LogP contribution is -2.44. The van der Waals surface area contributed by atoms with Crippen molar-refractivity contribution < 1.29 is 9.84 Å². The van der Waals surface area contributed by atoms with Crippen molar-refractivity contribution in [3.63, 3.8) is 0 Å². The topological polar surface area (TPSA) is 58.7 Å². The quantitative estimate of drug-likeness (QED) is 0.835. The van der Waals surface area contributed by atoms with Gasteiger partial charge in [-0.05, 0) is 43.5 Å². The molecule has 3 unspecified atom stereocenters. The number of aliphatic hydroxyl groups excluding tert-OH is 1. The van der Waals surface area contributed by atoms with Crippen molar-refractivity contribution in [2.75, 3.05) is 20.3 Å². The average Bonchev–Trinajstić information content (AvgIpc) is 2.96. The van der Waals surface area contributed by atoms with E-state index in [0.717, 1.165) is 31.6 Å². The highest BCUT2D eigenvalue weighted by atomic mass is 16.5. The standard InChI is InChI=1S/C16H26N2O2/c1-3-15(17)16(18-10-4-5-13(18)11-19)12-6-8-14(20-2)9-7-12/h6-9,13,15-16,19H,3-5,10-11,17H2,1-2H3. The molecular formula is C16H26N2O2. The Morgan fingerprint density at radius 1 is 1.40 bits per heavy atom. The summed E-state index contributed by atoms with van der Waals surface area (Å²) in [5.74, 6) is 0.859. The summed E-state index contributed by atoms with van der Waals surface area (Å²) in [5.41, 5.74) is 7.57. The molecule has 1 saturated heterocycles. The van der Waals surface area contributed by atoms with Gasteiger partial charge in [-0.15, -0.1) is 0 Å². The third kappa shape index (κ3) is 3.14. The Kier molecular flexibility index (Phi) is 5.40. The number of hydrogen-bond donors (Lipinski definition) is 2. The zero-order chi connectivity index (χ0) is 14.5. The van der Waals surface area contributed by atoms with Crippen LogP contribution in [0.3, 0.4) is 0 Å². The number of nitrogens with two attached hydrogens (primary N) is 1. The fraction of sp³-hybridized carbons (Fsp3) is 0.625. The molecule has 1 aliphatic rings. The Balaban J connectivity index is 2.26. The minimum atomic E-state index is 0.0792. The van der Waals surface area contributed by atoms with E-state index >= 15 is 0 Å². The molecule has 3 atom stereocenters. The van der Waals surface area contributed by atoms with Crippen LogP contribution in [0.4, 0.5) is 0 Å². The van der Waals surface area contributed by atoms with Gasteiger partial charge in [0.2, 0.25) is 0 Å². The van der Waals surface area contributed by atoms with Crippen LogP contribution in [-0.2, 0) is 0 Å². The Labute approximate surface area is 121 Å². The normalized spacial score (nSPS) is 22.7. The summed E-state index contributed by atoms with van der Waals surface area (Å²) in [6.45, 7) is 3.34. The monoisotopic (exact) mass is 278 g/mol. The Hall–Kier alpha value is -1.10. The van der Waals surface area contributed by atoms with Crippen LogP contribution in [0.25, 0.3) is 0 Å². The van der Waals surface area contributed by atoms with Crippen LogP contribution in [0.1, 0.15) is 37.8 Å². The van der Waals surface area contributed by atoms with E-state index in [4.69, 9.17) is 10.5 Å². The highest BCUT2D eigenvalue weighted by Crippen LogP contribution is 2.32. The fourth-order valence-corrected chi connectivity index (χ4v) is 3.13. The number of methoxy groups -OCH3 is 1. The highest BCUT2D eigenvalue weighted by Gasteiger charge is 2.33. The van der Waals surface area contributed by atoms with E-state index in [-0.39, 0.29) is 24.7 Å². The summed E-state index contributed by atoms with van der Waals surface area (Å²) in [7, 11) is 1.67. The first-order valence-corrected chi connectivity index (χ1v) is 7.47. The molecule has 1 fully saturated rings. The first kappa shape index (κ1) is 15.3. The van der Waals surface area contributed by atoms with Crippen LogP contribution in [0.15, 0.2) is 24.3 Å². The molecule has 1 heterocycles. The molecule has 0 aliphatic carbocycles. The summed E-state index contributed by atoms with van der Waals surface area (Å²) >= 11 is 0. The molecule has 0 amide bonds. The minimum absolute atomic E-state index is 0.0792. The Morgan fingerprint density at radius 3 is 2.65 bits per heavy atom. The van der Waals surface area contributed by atoms with E-state index in [9.17, 15) is 5.11 Å². The summed E-state index contributed by atoms with van der Waals surface area (Å²) in [6, 6.07) is 8.63. The summed E-state index contributed by atoms with van der Waals surface area (Å²) < 4.78 is 5.22. The van der Waals surface area contributed by atoms with E-state index in [1.807, 2.05) is 12.1 Å². The van der Waals surface area contributed by atoms with Crippen LogP contribution in [0.5, 0.6) is 5.75 Å². The number of rotatable bonds is 6. The van der Waals surface area contributed by atoms with Gasteiger partial charge in [-0.2, -0.15) is 0 Å². The van der Waals surface area contributed by atoms with E-state index in [1.165, 1.54) is 5.56 Å². The smallest absolute Gasteiger partial charge is 0.118 e. The van der Waals surface area contributed by atoms with Crippen LogP contribution < -0.4 is 10.5 Å². The maximum atomic E-state index is 9.57. The van der Waals surface area contributed by atoms with Crippen molar-refractivity contribution in [1.29, 1.82) is 0 Å². The van der Waals surface area contributed by atoms with Crippen LogP contribution in [0.2, 0.25) is 0 Å². The summed E-state index contributed by atoms with van der Waals surface area (Å²) in [4.78, 5) is 2.37. The molecule has 0 spiro atoms. The SMILES string of the molecule is CCC(N)C(c1ccc(OC)cc1)N1CCCC1CO. The Bertz CT molecular complexity index is 407. The molecule has 1 aromatic rings. The Morgan fingerprint density at radius 2 is 2.10 bits per heavy atom. The summed E-state index contributed by atoms with van der Waals surface area (Å²) in [5, 5.41) is 9.57. The van der Waals surface area contributed by atoms with Gasteiger partial charge in [0.15, 0.2) is 0 Å². The van der Waals surface area contributed by atoms with Crippen molar-refractivity contribution in [2.24, 2.45) is 5.73 Å². The van der Waals surface area contributed by atoms with Crippen molar-refractivity contribution in [1.82, 2.24) is 4.90 Å². The second kappa shape index (κ2) is 7.07. The summed E-state index contributed by atoms with van der Waals surface area (Å²) in [6.07, 6.45) is 3.11.